The monoisotopic (exact) mass is 319 g/mol. The molecule has 0 aliphatic heterocycles. The number of amides is 2. The maximum atomic E-state index is 12.3. The third kappa shape index (κ3) is 5.27. The van der Waals surface area contributed by atoms with Gasteiger partial charge >= 0.3 is 0 Å². The van der Waals surface area contributed by atoms with E-state index in [1.807, 2.05) is 13.8 Å². The van der Waals surface area contributed by atoms with Crippen LogP contribution in [0.5, 0.6) is 0 Å². The Bertz CT molecular complexity index is 493. The van der Waals surface area contributed by atoms with Gasteiger partial charge in [0.2, 0.25) is 5.91 Å². The fraction of sp³-hybridized carbons (Fsp3) is 0.385. The molecule has 0 aliphatic rings. The molecule has 0 fully saturated rings. The van der Waals surface area contributed by atoms with E-state index in [2.05, 4.69) is 0 Å². The predicted octanol–water partition coefficient (Wildman–Crippen LogP) is 1.93. The van der Waals surface area contributed by atoms with Crippen molar-refractivity contribution < 1.29 is 9.59 Å². The number of rotatable bonds is 5. The zero-order chi connectivity index (χ0) is 14.6. The molecular weight excluding hydrogens is 301 g/mol. The van der Waals surface area contributed by atoms with Crippen molar-refractivity contribution in [2.24, 2.45) is 11.7 Å². The lowest BCUT2D eigenvalue weighted by atomic mass is 10.1. The van der Waals surface area contributed by atoms with Crippen LogP contribution in [0.15, 0.2) is 18.2 Å². The van der Waals surface area contributed by atoms with Crippen LogP contribution in [-0.4, -0.2) is 29.8 Å². The van der Waals surface area contributed by atoms with Crippen LogP contribution in [-0.2, 0) is 4.79 Å². The summed E-state index contributed by atoms with van der Waals surface area (Å²) < 4.78 is 0. The highest BCUT2D eigenvalue weighted by molar-refractivity contribution is 6.34. The van der Waals surface area contributed by atoms with Gasteiger partial charge in [0, 0.05) is 12.2 Å². The van der Waals surface area contributed by atoms with Gasteiger partial charge in [-0.1, -0.05) is 25.4 Å². The first kappa shape index (κ1) is 18.5. The summed E-state index contributed by atoms with van der Waals surface area (Å²) in [6, 6.07) is 4.65. The van der Waals surface area contributed by atoms with E-state index in [1.54, 1.807) is 12.1 Å². The highest BCUT2D eigenvalue weighted by atomic mass is 35.5. The summed E-state index contributed by atoms with van der Waals surface area (Å²) in [5.74, 6) is -0.658. The molecule has 1 aromatic carbocycles. The molecule has 0 saturated carbocycles. The number of nitrogens with zero attached hydrogens (tertiary/aromatic N) is 1. The minimum absolute atomic E-state index is 0. The Hall–Kier alpha value is -1.46. The van der Waals surface area contributed by atoms with Crippen molar-refractivity contribution in [3.63, 3.8) is 0 Å². The number of hydrogen-bond donors (Lipinski definition) is 2. The Balaban J connectivity index is 0.00000361. The molecule has 0 heterocycles. The second kappa shape index (κ2) is 7.97. The van der Waals surface area contributed by atoms with E-state index in [1.165, 1.54) is 11.0 Å². The third-order valence-corrected chi connectivity index (χ3v) is 2.76. The predicted molar refractivity (Wildman–Crippen MR) is 83.0 cm³/mol. The third-order valence-electron chi connectivity index (χ3n) is 2.44. The fourth-order valence-electron chi connectivity index (χ4n) is 1.72. The van der Waals surface area contributed by atoms with Crippen LogP contribution < -0.4 is 11.5 Å². The van der Waals surface area contributed by atoms with E-state index in [4.69, 9.17) is 23.1 Å². The van der Waals surface area contributed by atoms with E-state index < -0.39 is 5.91 Å². The molecule has 0 spiro atoms. The summed E-state index contributed by atoms with van der Waals surface area (Å²) in [5, 5.41) is 0.267. The summed E-state index contributed by atoms with van der Waals surface area (Å²) in [6.45, 7) is 4.21. The molecule has 112 valence electrons. The van der Waals surface area contributed by atoms with Gasteiger partial charge in [-0.25, -0.2) is 0 Å². The largest absolute Gasteiger partial charge is 0.399 e. The maximum absolute atomic E-state index is 12.3. The number of hydrogen-bond acceptors (Lipinski definition) is 3. The molecule has 20 heavy (non-hydrogen) atoms. The SMILES string of the molecule is CC(C)CN(CC(N)=O)C(=O)c1ccc(N)cc1Cl.Cl. The Morgan fingerprint density at radius 2 is 1.95 bits per heavy atom. The molecule has 1 rings (SSSR count). The zero-order valence-corrected chi connectivity index (χ0v) is 13.0. The van der Waals surface area contributed by atoms with Gasteiger partial charge < -0.3 is 16.4 Å². The molecule has 5 nitrogen and oxygen atoms in total. The number of benzene rings is 1. The Labute approximate surface area is 129 Å². The van der Waals surface area contributed by atoms with Crippen molar-refractivity contribution in [1.29, 1.82) is 0 Å². The highest BCUT2D eigenvalue weighted by Crippen LogP contribution is 2.21. The normalized spacial score (nSPS) is 10.0. The molecule has 1 aromatic rings. The lowest BCUT2D eigenvalue weighted by Crippen LogP contribution is -2.40. The average Bonchev–Trinajstić information content (AvgIpc) is 2.26. The van der Waals surface area contributed by atoms with Crippen molar-refractivity contribution in [3.8, 4) is 0 Å². The standard InChI is InChI=1S/C13H18ClN3O2.ClH/c1-8(2)6-17(7-12(16)18)13(19)10-4-3-9(15)5-11(10)14;/h3-5,8H,6-7,15H2,1-2H3,(H2,16,18);1H. The van der Waals surface area contributed by atoms with E-state index in [-0.39, 0.29) is 35.8 Å². The van der Waals surface area contributed by atoms with Crippen LogP contribution in [0.3, 0.4) is 0 Å². The smallest absolute Gasteiger partial charge is 0.255 e. The van der Waals surface area contributed by atoms with Crippen LogP contribution in [0.25, 0.3) is 0 Å². The molecule has 0 saturated heterocycles. The molecule has 4 N–H and O–H groups in total. The summed E-state index contributed by atoms with van der Waals surface area (Å²) in [7, 11) is 0. The summed E-state index contributed by atoms with van der Waals surface area (Å²) >= 11 is 6.00. The van der Waals surface area contributed by atoms with Crippen LogP contribution in [0.2, 0.25) is 5.02 Å². The molecule has 2 amide bonds. The van der Waals surface area contributed by atoms with Gasteiger partial charge in [0.05, 0.1) is 17.1 Å². The highest BCUT2D eigenvalue weighted by Gasteiger charge is 2.20. The van der Waals surface area contributed by atoms with Crippen molar-refractivity contribution in [1.82, 2.24) is 4.90 Å². The van der Waals surface area contributed by atoms with E-state index >= 15 is 0 Å². The quantitative estimate of drug-likeness (QED) is 0.812. The first-order chi connectivity index (χ1) is 8.81. The summed E-state index contributed by atoms with van der Waals surface area (Å²) in [6.07, 6.45) is 0. The van der Waals surface area contributed by atoms with Crippen LogP contribution >= 0.6 is 24.0 Å². The van der Waals surface area contributed by atoms with Crippen molar-refractivity contribution >= 4 is 41.5 Å². The Kier molecular flexibility index (Phi) is 7.39. The maximum Gasteiger partial charge on any atom is 0.255 e. The Morgan fingerprint density at radius 3 is 2.40 bits per heavy atom. The number of carbonyl (C=O) groups is 2. The molecule has 0 aromatic heterocycles. The topological polar surface area (TPSA) is 89.4 Å². The minimum Gasteiger partial charge on any atom is -0.399 e. The number of primary amides is 1. The number of halogens is 2. The van der Waals surface area contributed by atoms with E-state index in [0.29, 0.717) is 17.8 Å². The van der Waals surface area contributed by atoms with Gasteiger partial charge in [-0.15, -0.1) is 12.4 Å². The number of anilines is 1. The second-order valence-electron chi connectivity index (χ2n) is 4.79. The number of nitrogens with two attached hydrogens (primary N) is 2. The van der Waals surface area contributed by atoms with Crippen molar-refractivity contribution in [2.75, 3.05) is 18.8 Å². The van der Waals surface area contributed by atoms with Gasteiger partial charge in [-0.3, -0.25) is 9.59 Å². The first-order valence-corrected chi connectivity index (χ1v) is 6.31. The van der Waals surface area contributed by atoms with Gasteiger partial charge in [0.15, 0.2) is 0 Å². The fourth-order valence-corrected chi connectivity index (χ4v) is 1.99. The van der Waals surface area contributed by atoms with E-state index in [9.17, 15) is 9.59 Å². The Morgan fingerprint density at radius 1 is 1.35 bits per heavy atom. The summed E-state index contributed by atoms with van der Waals surface area (Å²) in [4.78, 5) is 24.8. The molecular formula is C13H19Cl2N3O2. The minimum atomic E-state index is -0.555. The average molecular weight is 320 g/mol. The molecule has 7 heteroatoms. The van der Waals surface area contributed by atoms with Crippen LogP contribution in [0.4, 0.5) is 5.69 Å². The van der Waals surface area contributed by atoms with Gasteiger partial charge in [0.25, 0.3) is 5.91 Å². The van der Waals surface area contributed by atoms with Gasteiger partial charge in [-0.2, -0.15) is 0 Å². The van der Waals surface area contributed by atoms with Crippen LogP contribution in [0.1, 0.15) is 24.2 Å². The number of nitrogen functional groups attached to an aromatic ring is 1. The second-order valence-corrected chi connectivity index (χ2v) is 5.19. The van der Waals surface area contributed by atoms with Gasteiger partial charge in [0.1, 0.15) is 0 Å². The lowest BCUT2D eigenvalue weighted by Gasteiger charge is -2.23. The molecule has 0 bridgehead atoms. The van der Waals surface area contributed by atoms with Crippen LogP contribution in [0, 0.1) is 5.92 Å². The van der Waals surface area contributed by atoms with Crippen molar-refractivity contribution in [2.45, 2.75) is 13.8 Å². The lowest BCUT2D eigenvalue weighted by molar-refractivity contribution is -0.118. The number of carbonyl (C=O) groups excluding carboxylic acids is 2. The summed E-state index contributed by atoms with van der Waals surface area (Å²) in [5.41, 5.74) is 11.5. The molecule has 0 aliphatic carbocycles. The molecule has 0 atom stereocenters. The molecule has 0 unspecified atom stereocenters. The first-order valence-electron chi connectivity index (χ1n) is 5.94. The van der Waals surface area contributed by atoms with Crippen molar-refractivity contribution in [3.05, 3.63) is 28.8 Å². The molecule has 0 radical (unpaired) electrons. The van der Waals surface area contributed by atoms with E-state index in [0.717, 1.165) is 0 Å². The van der Waals surface area contributed by atoms with Gasteiger partial charge in [-0.05, 0) is 24.1 Å². The zero-order valence-electron chi connectivity index (χ0n) is 11.4.